The molecule has 0 aromatic heterocycles. The number of hydrogen-bond donors (Lipinski definition) is 0. The average molecular weight is 402 g/mol. The van der Waals surface area contributed by atoms with E-state index in [4.69, 9.17) is 15.0 Å². The van der Waals surface area contributed by atoms with E-state index in [2.05, 4.69) is 26.0 Å². The summed E-state index contributed by atoms with van der Waals surface area (Å²) in [5.74, 6) is -0.128. The maximum absolute atomic E-state index is 11.9. The minimum atomic E-state index is -0.686. The fraction of sp³-hybridized carbons (Fsp3) is 0.167. The van der Waals surface area contributed by atoms with Gasteiger partial charge >= 0.3 is 5.97 Å². The number of nitrogens with zero attached hydrogens (tertiary/aromatic N) is 3. The molecule has 0 amide bonds. The van der Waals surface area contributed by atoms with Crippen molar-refractivity contribution >= 4 is 28.0 Å². The largest absolute Gasteiger partial charge is 0.488 e. The third-order valence-corrected chi connectivity index (χ3v) is 3.63. The van der Waals surface area contributed by atoms with E-state index < -0.39 is 5.97 Å². The lowest BCUT2D eigenvalue weighted by atomic mass is 10.1. The first kappa shape index (κ1) is 18.6. The molecule has 0 aliphatic rings. The number of benzene rings is 2. The van der Waals surface area contributed by atoms with Crippen molar-refractivity contribution in [3.05, 3.63) is 80.3 Å². The Kier molecular flexibility index (Phi) is 7.07. The molecule has 0 saturated carbocycles. The molecule has 0 unspecified atom stereocenters. The number of rotatable bonds is 7. The van der Waals surface area contributed by atoms with Crippen LogP contribution in [0.1, 0.15) is 18.1 Å². The van der Waals surface area contributed by atoms with E-state index in [1.54, 1.807) is 19.1 Å². The summed E-state index contributed by atoms with van der Waals surface area (Å²) in [7, 11) is 0. The molecule has 7 heteroatoms. The number of esters is 1. The van der Waals surface area contributed by atoms with Crippen molar-refractivity contribution in [2.24, 2.45) is 5.11 Å². The Hall–Kier alpha value is -2.76. The predicted octanol–water partition coefficient (Wildman–Crippen LogP) is 5.24. The number of azide groups is 1. The average Bonchev–Trinajstić information content (AvgIpc) is 2.62. The van der Waals surface area contributed by atoms with Crippen LogP contribution < -0.4 is 4.74 Å². The molecule has 0 fully saturated rings. The predicted molar refractivity (Wildman–Crippen MR) is 98.7 cm³/mol. The Balaban J connectivity index is 2.31. The van der Waals surface area contributed by atoms with Gasteiger partial charge in [-0.05, 0) is 42.3 Å². The molecule has 2 rings (SSSR count). The molecule has 0 N–H and O–H groups in total. The second-order valence-electron chi connectivity index (χ2n) is 4.90. The van der Waals surface area contributed by atoms with Crippen LogP contribution in [-0.4, -0.2) is 12.6 Å². The van der Waals surface area contributed by atoms with Gasteiger partial charge in [-0.1, -0.05) is 51.4 Å². The van der Waals surface area contributed by atoms with E-state index in [-0.39, 0.29) is 12.3 Å². The summed E-state index contributed by atoms with van der Waals surface area (Å²) >= 11 is 3.38. The van der Waals surface area contributed by atoms with E-state index in [1.807, 2.05) is 36.4 Å². The second-order valence-corrected chi connectivity index (χ2v) is 5.81. The normalized spacial score (nSPS) is 10.7. The Bertz CT molecular complexity index is 816. The molecule has 0 saturated heterocycles. The molecule has 0 spiro atoms. The molecular formula is C18H16BrN3O3. The Morgan fingerprint density at radius 1 is 1.28 bits per heavy atom. The quantitative estimate of drug-likeness (QED) is 0.209. The third-order valence-electron chi connectivity index (χ3n) is 3.14. The zero-order valence-corrected chi connectivity index (χ0v) is 15.1. The first-order chi connectivity index (χ1) is 12.1. The molecule has 0 heterocycles. The maximum atomic E-state index is 11.9. The fourth-order valence-corrected chi connectivity index (χ4v) is 2.41. The number of ether oxygens (including phenoxy) is 2. The van der Waals surface area contributed by atoms with E-state index in [0.717, 1.165) is 10.0 Å². The Morgan fingerprint density at radius 3 is 2.72 bits per heavy atom. The third kappa shape index (κ3) is 5.67. The van der Waals surface area contributed by atoms with Gasteiger partial charge in [0.2, 0.25) is 0 Å². The molecule has 25 heavy (non-hydrogen) atoms. The number of carbonyl (C=O) groups is 1. The van der Waals surface area contributed by atoms with Gasteiger partial charge in [0.1, 0.15) is 18.1 Å². The first-order valence-electron chi connectivity index (χ1n) is 7.54. The van der Waals surface area contributed by atoms with Crippen molar-refractivity contribution in [1.82, 2.24) is 0 Å². The molecule has 0 atom stereocenters. The highest BCUT2D eigenvalue weighted by molar-refractivity contribution is 9.10. The van der Waals surface area contributed by atoms with Crippen molar-refractivity contribution in [1.29, 1.82) is 0 Å². The van der Waals surface area contributed by atoms with Crippen molar-refractivity contribution in [2.45, 2.75) is 13.5 Å². The highest BCUT2D eigenvalue weighted by atomic mass is 79.9. The van der Waals surface area contributed by atoms with Crippen LogP contribution in [0.25, 0.3) is 16.5 Å². The van der Waals surface area contributed by atoms with Crippen LogP contribution in [0.15, 0.2) is 63.8 Å². The van der Waals surface area contributed by atoms with E-state index >= 15 is 0 Å². The minimum absolute atomic E-state index is 0.132. The van der Waals surface area contributed by atoms with Gasteiger partial charge in [0, 0.05) is 14.9 Å². The van der Waals surface area contributed by atoms with Crippen molar-refractivity contribution in [2.75, 3.05) is 6.61 Å². The summed E-state index contributed by atoms with van der Waals surface area (Å²) in [4.78, 5) is 14.6. The highest BCUT2D eigenvalue weighted by Gasteiger charge is 2.11. The molecule has 0 bridgehead atoms. The van der Waals surface area contributed by atoms with Crippen molar-refractivity contribution in [3.8, 4) is 5.75 Å². The molecule has 0 aliphatic heterocycles. The molecule has 2 aromatic rings. The number of hydrogen-bond acceptors (Lipinski definition) is 4. The molecular weight excluding hydrogens is 386 g/mol. The molecule has 0 radical (unpaired) electrons. The van der Waals surface area contributed by atoms with Gasteiger partial charge in [0.05, 0.1) is 6.61 Å². The fourth-order valence-electron chi connectivity index (χ4n) is 2.03. The van der Waals surface area contributed by atoms with Gasteiger partial charge in [-0.15, -0.1) is 0 Å². The van der Waals surface area contributed by atoms with Crippen LogP contribution in [0.5, 0.6) is 5.75 Å². The van der Waals surface area contributed by atoms with Crippen LogP contribution >= 0.6 is 15.9 Å². The van der Waals surface area contributed by atoms with Crippen molar-refractivity contribution in [3.63, 3.8) is 0 Å². The molecule has 0 aliphatic carbocycles. The molecule has 128 valence electrons. The molecule has 2 aromatic carbocycles. The van der Waals surface area contributed by atoms with Gasteiger partial charge in [-0.3, -0.25) is 0 Å². The topological polar surface area (TPSA) is 84.3 Å². The van der Waals surface area contributed by atoms with Gasteiger partial charge in [0.15, 0.2) is 0 Å². The van der Waals surface area contributed by atoms with Gasteiger partial charge in [-0.2, -0.15) is 0 Å². The number of halogens is 1. The van der Waals surface area contributed by atoms with Gasteiger partial charge in [-0.25, -0.2) is 4.79 Å². The number of carbonyl (C=O) groups excluding carboxylic acids is 1. The second kappa shape index (κ2) is 9.52. The SMILES string of the molecule is CCOC(=O)/C(=C/c1cc(Br)ccc1OCc1ccccc1)N=[N+]=[N-]. The van der Waals surface area contributed by atoms with E-state index in [9.17, 15) is 4.79 Å². The van der Waals surface area contributed by atoms with Crippen molar-refractivity contribution < 1.29 is 14.3 Å². The summed E-state index contributed by atoms with van der Waals surface area (Å²) < 4.78 is 11.5. The van der Waals surface area contributed by atoms with Crippen LogP contribution in [0.4, 0.5) is 0 Å². The highest BCUT2D eigenvalue weighted by Crippen LogP contribution is 2.27. The lowest BCUT2D eigenvalue weighted by Crippen LogP contribution is -2.06. The molecule has 6 nitrogen and oxygen atoms in total. The van der Waals surface area contributed by atoms with Crippen LogP contribution in [0.2, 0.25) is 0 Å². The lowest BCUT2D eigenvalue weighted by Gasteiger charge is -2.11. The van der Waals surface area contributed by atoms with Gasteiger partial charge < -0.3 is 9.47 Å². The summed E-state index contributed by atoms with van der Waals surface area (Å²) in [5, 5.41) is 3.42. The summed E-state index contributed by atoms with van der Waals surface area (Å²) in [6.07, 6.45) is 1.45. The monoisotopic (exact) mass is 401 g/mol. The Labute approximate surface area is 153 Å². The summed E-state index contributed by atoms with van der Waals surface area (Å²) in [6, 6.07) is 15.1. The van der Waals surface area contributed by atoms with E-state index in [1.165, 1.54) is 6.08 Å². The van der Waals surface area contributed by atoms with Gasteiger partial charge in [0.25, 0.3) is 0 Å². The maximum Gasteiger partial charge on any atom is 0.340 e. The Morgan fingerprint density at radius 2 is 2.04 bits per heavy atom. The zero-order chi connectivity index (χ0) is 18.1. The van der Waals surface area contributed by atoms with Crippen LogP contribution in [0.3, 0.4) is 0 Å². The lowest BCUT2D eigenvalue weighted by molar-refractivity contribution is -0.138. The standard InChI is InChI=1S/C18H16BrN3O3/c1-2-24-18(23)16(21-22-20)11-14-10-15(19)8-9-17(14)25-12-13-6-4-3-5-7-13/h3-11H,2,12H2,1H3/b16-11-. The summed E-state index contributed by atoms with van der Waals surface area (Å²) in [5.41, 5.74) is 10.2. The van der Waals surface area contributed by atoms with E-state index in [0.29, 0.717) is 17.9 Å². The van der Waals surface area contributed by atoms with Crippen LogP contribution in [-0.2, 0) is 16.1 Å². The summed E-state index contributed by atoms with van der Waals surface area (Å²) in [6.45, 7) is 2.24. The minimum Gasteiger partial charge on any atom is -0.488 e. The first-order valence-corrected chi connectivity index (χ1v) is 8.33. The van der Waals surface area contributed by atoms with Crippen LogP contribution in [0, 0.1) is 0 Å². The smallest absolute Gasteiger partial charge is 0.340 e. The zero-order valence-electron chi connectivity index (χ0n) is 13.6.